The van der Waals surface area contributed by atoms with Crippen LogP contribution in [0.5, 0.6) is 0 Å². The summed E-state index contributed by atoms with van der Waals surface area (Å²) < 4.78 is 0. The molecule has 1 aromatic carbocycles. The molecule has 0 radical (unpaired) electrons. The molecule has 1 aliphatic heterocycles. The Balaban J connectivity index is 1.25. The maximum atomic E-state index is 2.81. The molecule has 3 aliphatic rings. The largest absolute Gasteiger partial charge is 0.298 e. The van der Waals surface area contributed by atoms with E-state index in [1.165, 1.54) is 77.5 Å². The summed E-state index contributed by atoms with van der Waals surface area (Å²) >= 11 is 0. The quantitative estimate of drug-likeness (QED) is 0.822. The molecule has 1 aromatic rings. The van der Waals surface area contributed by atoms with Crippen LogP contribution in [0, 0.1) is 0 Å². The van der Waals surface area contributed by atoms with Crippen LogP contribution in [-0.4, -0.2) is 48.1 Å². The predicted molar refractivity (Wildman–Crippen MR) is 96.8 cm³/mol. The highest BCUT2D eigenvalue weighted by Crippen LogP contribution is 2.35. The zero-order chi connectivity index (χ0) is 15.5. The lowest BCUT2D eigenvalue weighted by Gasteiger charge is -2.43. The van der Waals surface area contributed by atoms with Gasteiger partial charge in [0.25, 0.3) is 0 Å². The van der Waals surface area contributed by atoms with Crippen LogP contribution in [0.25, 0.3) is 0 Å². The topological polar surface area (TPSA) is 6.48 Å². The second-order valence-corrected chi connectivity index (χ2v) is 7.93. The molecule has 126 valence electrons. The van der Waals surface area contributed by atoms with Crippen molar-refractivity contribution in [1.29, 1.82) is 0 Å². The van der Waals surface area contributed by atoms with Gasteiger partial charge in [-0.2, -0.15) is 0 Å². The van der Waals surface area contributed by atoms with E-state index in [9.17, 15) is 0 Å². The van der Waals surface area contributed by atoms with Crippen LogP contribution in [0.2, 0.25) is 0 Å². The zero-order valence-electron chi connectivity index (χ0n) is 14.5. The average Bonchev–Trinajstić information content (AvgIpc) is 3.18. The molecule has 1 heterocycles. The smallest absolute Gasteiger partial charge is 0.0113 e. The van der Waals surface area contributed by atoms with Gasteiger partial charge in [0, 0.05) is 38.3 Å². The normalized spacial score (nSPS) is 31.5. The maximum absolute atomic E-state index is 2.81. The van der Waals surface area contributed by atoms with Crippen LogP contribution in [0.15, 0.2) is 30.3 Å². The second kappa shape index (κ2) is 7.36. The van der Waals surface area contributed by atoms with Crippen LogP contribution in [0.3, 0.4) is 0 Å². The summed E-state index contributed by atoms with van der Waals surface area (Å²) in [5.74, 6) is 0.812. The average molecular weight is 313 g/mol. The van der Waals surface area contributed by atoms with Gasteiger partial charge >= 0.3 is 0 Å². The van der Waals surface area contributed by atoms with Gasteiger partial charge in [-0.25, -0.2) is 0 Å². The first-order chi connectivity index (χ1) is 11.4. The van der Waals surface area contributed by atoms with Gasteiger partial charge in [-0.05, 0) is 50.0 Å². The highest BCUT2D eigenvalue weighted by Gasteiger charge is 2.31. The van der Waals surface area contributed by atoms with E-state index in [0.29, 0.717) is 0 Å². The minimum atomic E-state index is 0.812. The van der Waals surface area contributed by atoms with Gasteiger partial charge < -0.3 is 0 Å². The minimum Gasteiger partial charge on any atom is -0.298 e. The lowest BCUT2D eigenvalue weighted by molar-refractivity contribution is 0.0557. The van der Waals surface area contributed by atoms with Crippen molar-refractivity contribution < 1.29 is 0 Å². The standard InChI is InChI=1S/C21H32N2/c1-2-6-18(7-3-1)19-10-12-21(13-11-19)23-16-14-22(15-17-23)20-8-4-5-9-20/h1-3,6-7,19-21H,4-5,8-17H2. The summed E-state index contributed by atoms with van der Waals surface area (Å²) in [6, 6.07) is 13.0. The number of piperazine rings is 1. The maximum Gasteiger partial charge on any atom is 0.0113 e. The van der Waals surface area contributed by atoms with Gasteiger partial charge in [-0.1, -0.05) is 43.2 Å². The van der Waals surface area contributed by atoms with E-state index >= 15 is 0 Å². The molecule has 4 rings (SSSR count). The fourth-order valence-electron chi connectivity index (χ4n) is 5.24. The molecule has 2 saturated carbocycles. The molecule has 1 saturated heterocycles. The Morgan fingerprint density at radius 1 is 0.609 bits per heavy atom. The molecule has 3 fully saturated rings. The Hall–Kier alpha value is -0.860. The van der Waals surface area contributed by atoms with Crippen molar-refractivity contribution in [1.82, 2.24) is 9.80 Å². The van der Waals surface area contributed by atoms with E-state index in [1.54, 1.807) is 5.56 Å². The molecule has 2 nitrogen and oxygen atoms in total. The van der Waals surface area contributed by atoms with E-state index in [0.717, 1.165) is 18.0 Å². The predicted octanol–water partition coefficient (Wildman–Crippen LogP) is 4.27. The van der Waals surface area contributed by atoms with Crippen LogP contribution in [0.1, 0.15) is 62.8 Å². The number of nitrogens with zero attached hydrogens (tertiary/aromatic N) is 2. The van der Waals surface area contributed by atoms with Crippen molar-refractivity contribution in [3.8, 4) is 0 Å². The Labute approximate surface area is 141 Å². The summed E-state index contributed by atoms with van der Waals surface area (Å²) in [6.45, 7) is 5.28. The summed E-state index contributed by atoms with van der Waals surface area (Å²) in [4.78, 5) is 5.60. The number of benzene rings is 1. The third-order valence-electron chi connectivity index (χ3n) is 6.67. The Morgan fingerprint density at radius 3 is 1.70 bits per heavy atom. The molecule has 2 heteroatoms. The molecule has 0 spiro atoms. The molecular weight excluding hydrogens is 280 g/mol. The zero-order valence-corrected chi connectivity index (χ0v) is 14.5. The van der Waals surface area contributed by atoms with Crippen molar-refractivity contribution in [3.63, 3.8) is 0 Å². The molecule has 0 unspecified atom stereocenters. The van der Waals surface area contributed by atoms with Gasteiger partial charge in [-0.3, -0.25) is 9.80 Å². The van der Waals surface area contributed by atoms with E-state index < -0.39 is 0 Å². The van der Waals surface area contributed by atoms with Crippen LogP contribution in [-0.2, 0) is 0 Å². The van der Waals surface area contributed by atoms with E-state index in [4.69, 9.17) is 0 Å². The highest BCUT2D eigenvalue weighted by atomic mass is 15.3. The van der Waals surface area contributed by atoms with Crippen molar-refractivity contribution >= 4 is 0 Å². The fourth-order valence-corrected chi connectivity index (χ4v) is 5.24. The summed E-state index contributed by atoms with van der Waals surface area (Å²) in [5.41, 5.74) is 1.57. The summed E-state index contributed by atoms with van der Waals surface area (Å²) in [6.07, 6.45) is 11.4. The van der Waals surface area contributed by atoms with Crippen LogP contribution >= 0.6 is 0 Å². The molecule has 0 atom stereocenters. The summed E-state index contributed by atoms with van der Waals surface area (Å²) in [5, 5.41) is 0. The van der Waals surface area contributed by atoms with Crippen molar-refractivity contribution in [2.24, 2.45) is 0 Å². The molecule has 0 amide bonds. The summed E-state index contributed by atoms with van der Waals surface area (Å²) in [7, 11) is 0. The molecule has 0 bridgehead atoms. The lowest BCUT2D eigenvalue weighted by Crippen LogP contribution is -2.53. The number of hydrogen-bond donors (Lipinski definition) is 0. The first-order valence-corrected chi connectivity index (χ1v) is 9.93. The fraction of sp³-hybridized carbons (Fsp3) is 0.714. The van der Waals surface area contributed by atoms with E-state index in [-0.39, 0.29) is 0 Å². The molecule has 0 aromatic heterocycles. The van der Waals surface area contributed by atoms with Crippen LogP contribution in [0.4, 0.5) is 0 Å². The van der Waals surface area contributed by atoms with Gasteiger partial charge in [-0.15, -0.1) is 0 Å². The number of rotatable bonds is 3. The highest BCUT2D eigenvalue weighted by molar-refractivity contribution is 5.20. The Bertz CT molecular complexity index is 464. The molecule has 23 heavy (non-hydrogen) atoms. The number of hydrogen-bond acceptors (Lipinski definition) is 2. The molecule has 2 aliphatic carbocycles. The Kier molecular flexibility index (Phi) is 5.01. The van der Waals surface area contributed by atoms with E-state index in [2.05, 4.69) is 40.1 Å². The van der Waals surface area contributed by atoms with Crippen molar-refractivity contribution in [2.75, 3.05) is 26.2 Å². The minimum absolute atomic E-state index is 0.812. The first-order valence-electron chi connectivity index (χ1n) is 9.93. The van der Waals surface area contributed by atoms with Crippen molar-refractivity contribution in [2.45, 2.75) is 69.4 Å². The Morgan fingerprint density at radius 2 is 1.13 bits per heavy atom. The third kappa shape index (κ3) is 3.64. The lowest BCUT2D eigenvalue weighted by atomic mass is 9.81. The van der Waals surface area contributed by atoms with Crippen molar-refractivity contribution in [3.05, 3.63) is 35.9 Å². The van der Waals surface area contributed by atoms with E-state index in [1.807, 2.05) is 0 Å². The third-order valence-corrected chi connectivity index (χ3v) is 6.67. The van der Waals surface area contributed by atoms with Gasteiger partial charge in [0.1, 0.15) is 0 Å². The van der Waals surface area contributed by atoms with Crippen LogP contribution < -0.4 is 0 Å². The SMILES string of the molecule is c1ccc(C2CCC(N3CCN(C4CCCC4)CC3)CC2)cc1. The van der Waals surface area contributed by atoms with Gasteiger partial charge in [0.05, 0.1) is 0 Å². The van der Waals surface area contributed by atoms with Gasteiger partial charge in [0.15, 0.2) is 0 Å². The first kappa shape index (κ1) is 15.7. The second-order valence-electron chi connectivity index (χ2n) is 7.93. The monoisotopic (exact) mass is 312 g/mol. The molecular formula is C21H32N2. The van der Waals surface area contributed by atoms with Gasteiger partial charge in [0.2, 0.25) is 0 Å². The molecule has 0 N–H and O–H groups in total.